The maximum atomic E-state index is 12.9. The number of fused-ring (bicyclic) bond motifs is 1. The van der Waals surface area contributed by atoms with Crippen LogP contribution >= 0.6 is 11.5 Å². The minimum absolute atomic E-state index is 0.0818. The molecule has 0 unspecified atom stereocenters. The Labute approximate surface area is 179 Å². The first kappa shape index (κ1) is 20.5. The normalized spacial score (nSPS) is 13.4. The molecule has 3 N–H and O–H groups in total. The van der Waals surface area contributed by atoms with Crippen molar-refractivity contribution in [3.63, 3.8) is 0 Å². The van der Waals surface area contributed by atoms with Crippen molar-refractivity contribution in [1.82, 2.24) is 9.36 Å². The van der Waals surface area contributed by atoms with E-state index in [-0.39, 0.29) is 17.3 Å². The second-order valence-corrected chi connectivity index (χ2v) is 9.41. The van der Waals surface area contributed by atoms with E-state index in [0.717, 1.165) is 27.6 Å². The van der Waals surface area contributed by atoms with Crippen molar-refractivity contribution >= 4 is 38.8 Å². The molecule has 0 atom stereocenters. The van der Waals surface area contributed by atoms with E-state index in [0.29, 0.717) is 24.2 Å². The van der Waals surface area contributed by atoms with Crippen LogP contribution in [0.2, 0.25) is 0 Å². The summed E-state index contributed by atoms with van der Waals surface area (Å²) in [5.41, 5.74) is 3.98. The van der Waals surface area contributed by atoms with Gasteiger partial charge in [-0.15, -0.1) is 0 Å². The molecule has 0 saturated heterocycles. The molecule has 0 aliphatic carbocycles. The molecule has 1 aliphatic rings. The van der Waals surface area contributed by atoms with Crippen molar-refractivity contribution in [2.45, 2.75) is 25.2 Å². The van der Waals surface area contributed by atoms with Gasteiger partial charge in [0.15, 0.2) is 0 Å². The third kappa shape index (κ3) is 3.93. The monoisotopic (exact) mass is 443 g/mol. The maximum absolute atomic E-state index is 12.9. The van der Waals surface area contributed by atoms with Gasteiger partial charge in [0.1, 0.15) is 10.8 Å². The molecule has 0 radical (unpaired) electrons. The summed E-state index contributed by atoms with van der Waals surface area (Å²) < 4.78 is 27.9. The lowest BCUT2D eigenvalue weighted by molar-refractivity contribution is -0.116. The Hall–Kier alpha value is -2.82. The van der Waals surface area contributed by atoms with Gasteiger partial charge in [-0.3, -0.25) is 4.79 Å². The van der Waals surface area contributed by atoms with Crippen LogP contribution in [0.1, 0.15) is 17.0 Å². The predicted molar refractivity (Wildman–Crippen MR) is 117 cm³/mol. The van der Waals surface area contributed by atoms with Gasteiger partial charge >= 0.3 is 0 Å². The fourth-order valence-corrected chi connectivity index (χ4v) is 5.04. The fraction of sp³-hybridized carbons (Fsp3) is 0.250. The Morgan fingerprint density at radius 1 is 1.27 bits per heavy atom. The highest BCUT2D eigenvalue weighted by Crippen LogP contribution is 2.33. The van der Waals surface area contributed by atoms with Crippen LogP contribution in [0.25, 0.3) is 10.6 Å². The average molecular weight is 444 g/mol. The molecule has 156 valence electrons. The zero-order valence-electron chi connectivity index (χ0n) is 16.5. The number of anilines is 2. The summed E-state index contributed by atoms with van der Waals surface area (Å²) >= 11 is 1.33. The first-order valence-corrected chi connectivity index (χ1v) is 11.7. The first-order chi connectivity index (χ1) is 14.2. The van der Waals surface area contributed by atoms with Crippen LogP contribution in [-0.4, -0.2) is 36.8 Å². The SMILES string of the molecule is Cc1nsc(-c2ccc(C)c(NCC(=O)N3CCc4c3cccc4S(N)(=O)=O)c2)n1. The quantitative estimate of drug-likeness (QED) is 0.625. The van der Waals surface area contributed by atoms with Gasteiger partial charge in [-0.2, -0.15) is 4.37 Å². The number of aromatic nitrogens is 2. The number of primary sulfonamides is 1. The lowest BCUT2D eigenvalue weighted by Gasteiger charge is -2.19. The fourth-order valence-electron chi connectivity index (χ4n) is 3.55. The molecule has 4 rings (SSSR count). The largest absolute Gasteiger partial charge is 0.376 e. The molecule has 1 amide bonds. The molecule has 1 aliphatic heterocycles. The van der Waals surface area contributed by atoms with Crippen LogP contribution in [-0.2, 0) is 21.2 Å². The summed E-state index contributed by atoms with van der Waals surface area (Å²) in [5, 5.41) is 9.34. The third-order valence-corrected chi connectivity index (χ3v) is 6.89. The number of sulfonamides is 1. The van der Waals surface area contributed by atoms with E-state index >= 15 is 0 Å². The number of carbonyl (C=O) groups excluding carboxylic acids is 1. The Morgan fingerprint density at radius 2 is 2.07 bits per heavy atom. The molecule has 2 aromatic carbocycles. The summed E-state index contributed by atoms with van der Waals surface area (Å²) in [6.07, 6.45) is 0.457. The molecule has 0 saturated carbocycles. The van der Waals surface area contributed by atoms with Gasteiger partial charge in [-0.1, -0.05) is 18.2 Å². The van der Waals surface area contributed by atoms with E-state index in [4.69, 9.17) is 5.14 Å². The number of nitrogens with zero attached hydrogens (tertiary/aromatic N) is 3. The van der Waals surface area contributed by atoms with Crippen LogP contribution in [0, 0.1) is 13.8 Å². The van der Waals surface area contributed by atoms with Crippen LogP contribution < -0.4 is 15.4 Å². The lowest BCUT2D eigenvalue weighted by Crippen LogP contribution is -2.34. The zero-order valence-corrected chi connectivity index (χ0v) is 18.2. The number of amides is 1. The number of hydrogen-bond donors (Lipinski definition) is 2. The summed E-state index contributed by atoms with van der Waals surface area (Å²) in [6, 6.07) is 10.7. The van der Waals surface area contributed by atoms with Crippen LogP contribution in [0.15, 0.2) is 41.3 Å². The summed E-state index contributed by atoms with van der Waals surface area (Å²) in [5.74, 6) is 0.587. The average Bonchev–Trinajstić information content (AvgIpc) is 3.32. The Kier molecular flexibility index (Phi) is 5.31. The van der Waals surface area contributed by atoms with Crippen LogP contribution in [0.5, 0.6) is 0 Å². The van der Waals surface area contributed by atoms with Gasteiger partial charge < -0.3 is 10.2 Å². The van der Waals surface area contributed by atoms with E-state index in [1.807, 2.05) is 32.0 Å². The van der Waals surface area contributed by atoms with Gasteiger partial charge in [0, 0.05) is 23.5 Å². The second kappa shape index (κ2) is 7.78. The molecule has 0 fully saturated rings. The standard InChI is InChI=1S/C20H21N5O3S2/c1-12-6-7-14(20-23-13(2)24-29-20)10-16(12)22-11-19(26)25-9-8-15-17(25)4-3-5-18(15)30(21,27)28/h3-7,10,22H,8-9,11H2,1-2H3,(H2,21,27,28). The van der Waals surface area contributed by atoms with E-state index in [1.54, 1.807) is 17.0 Å². The number of nitrogens with one attached hydrogen (secondary N) is 1. The number of carbonyl (C=O) groups is 1. The van der Waals surface area contributed by atoms with Gasteiger partial charge in [-0.05, 0) is 61.1 Å². The minimum atomic E-state index is -3.83. The number of nitrogens with two attached hydrogens (primary N) is 1. The molecule has 3 aromatic rings. The molecule has 0 bridgehead atoms. The first-order valence-electron chi connectivity index (χ1n) is 9.34. The molecule has 1 aromatic heterocycles. The molecular weight excluding hydrogens is 422 g/mol. The van der Waals surface area contributed by atoms with Crippen molar-refractivity contribution in [3.05, 3.63) is 53.3 Å². The van der Waals surface area contributed by atoms with Gasteiger partial charge in [0.25, 0.3) is 0 Å². The molecule has 8 nitrogen and oxygen atoms in total. The van der Waals surface area contributed by atoms with Crippen molar-refractivity contribution in [2.75, 3.05) is 23.3 Å². The summed E-state index contributed by atoms with van der Waals surface area (Å²) in [4.78, 5) is 19.0. The predicted octanol–water partition coefficient (Wildman–Crippen LogP) is 2.47. The molecular formula is C20H21N5O3S2. The van der Waals surface area contributed by atoms with Crippen molar-refractivity contribution in [2.24, 2.45) is 5.14 Å². The number of hydrogen-bond acceptors (Lipinski definition) is 7. The van der Waals surface area contributed by atoms with Crippen molar-refractivity contribution in [1.29, 1.82) is 0 Å². The van der Waals surface area contributed by atoms with Crippen molar-refractivity contribution in [3.8, 4) is 10.6 Å². The number of benzene rings is 2. The van der Waals surface area contributed by atoms with Crippen molar-refractivity contribution < 1.29 is 13.2 Å². The smallest absolute Gasteiger partial charge is 0.246 e. The topological polar surface area (TPSA) is 118 Å². The number of aryl methyl sites for hydroxylation is 2. The van der Waals surface area contributed by atoms with E-state index in [9.17, 15) is 13.2 Å². The molecule has 2 heterocycles. The highest BCUT2D eigenvalue weighted by atomic mass is 32.2. The van der Waals surface area contributed by atoms with Gasteiger partial charge in [0.05, 0.1) is 11.4 Å². The molecule has 0 spiro atoms. The Bertz CT molecular complexity index is 1240. The number of rotatable bonds is 5. The third-order valence-electron chi connectivity index (χ3n) is 5.03. The van der Waals surface area contributed by atoms with Gasteiger partial charge in [0.2, 0.25) is 15.9 Å². The summed E-state index contributed by atoms with van der Waals surface area (Å²) in [6.45, 7) is 4.32. The Morgan fingerprint density at radius 3 is 2.77 bits per heavy atom. The van der Waals surface area contributed by atoms with E-state index in [2.05, 4.69) is 14.7 Å². The van der Waals surface area contributed by atoms with E-state index < -0.39 is 10.0 Å². The van der Waals surface area contributed by atoms with E-state index in [1.165, 1.54) is 17.6 Å². The highest BCUT2D eigenvalue weighted by molar-refractivity contribution is 7.89. The molecule has 10 heteroatoms. The highest BCUT2D eigenvalue weighted by Gasteiger charge is 2.29. The van der Waals surface area contributed by atoms with Crippen LogP contribution in [0.4, 0.5) is 11.4 Å². The lowest BCUT2D eigenvalue weighted by atomic mass is 10.1. The second-order valence-electron chi connectivity index (χ2n) is 7.12. The van der Waals surface area contributed by atoms with Crippen LogP contribution in [0.3, 0.4) is 0 Å². The summed E-state index contributed by atoms with van der Waals surface area (Å²) in [7, 11) is -3.83. The zero-order chi connectivity index (χ0) is 21.5. The Balaban J connectivity index is 1.52. The van der Waals surface area contributed by atoms with Gasteiger partial charge in [-0.25, -0.2) is 18.5 Å². The minimum Gasteiger partial charge on any atom is -0.376 e. The maximum Gasteiger partial charge on any atom is 0.246 e. The molecule has 30 heavy (non-hydrogen) atoms.